The van der Waals surface area contributed by atoms with E-state index in [9.17, 15) is 39.8 Å². The number of aliphatic carboxylic acids is 3. The van der Waals surface area contributed by atoms with Crippen LogP contribution in [0.4, 0.5) is 5.00 Å². The molecule has 0 aliphatic heterocycles. The van der Waals surface area contributed by atoms with Gasteiger partial charge in [-0.3, -0.25) is 0 Å². The summed E-state index contributed by atoms with van der Waals surface area (Å²) in [6.45, 7) is -0.332. The van der Waals surface area contributed by atoms with E-state index in [0.717, 1.165) is 4.90 Å². The second-order valence-corrected chi connectivity index (χ2v) is 5.57. The quantitative estimate of drug-likeness (QED) is 0.267. The maximum atomic E-state index is 12.0. The summed E-state index contributed by atoms with van der Waals surface area (Å²) in [5.41, 5.74) is -0.581. The third kappa shape index (κ3) is 9.58. The summed E-state index contributed by atoms with van der Waals surface area (Å²) in [6.07, 6.45) is -0.808. The fraction of sp³-hybridized carbons (Fsp3) is 0.357. The monoisotopic (exact) mass is 436 g/mol. The van der Waals surface area contributed by atoms with Crippen molar-refractivity contribution in [3.8, 4) is 6.07 Å². The Labute approximate surface area is 230 Å². The summed E-state index contributed by atoms with van der Waals surface area (Å²) in [5.74, 6) is -5.79. The van der Waals surface area contributed by atoms with Gasteiger partial charge in [0.25, 0.3) is 0 Å². The number of anilines is 1. The van der Waals surface area contributed by atoms with Gasteiger partial charge >= 0.3 is 94.6 Å². The van der Waals surface area contributed by atoms with Crippen molar-refractivity contribution in [2.75, 3.05) is 24.6 Å². The van der Waals surface area contributed by atoms with E-state index in [1.165, 1.54) is 6.92 Å². The van der Waals surface area contributed by atoms with E-state index in [-0.39, 0.29) is 116 Å². The fourth-order valence-electron chi connectivity index (χ4n) is 1.98. The van der Waals surface area contributed by atoms with Crippen molar-refractivity contribution in [3.05, 3.63) is 16.0 Å². The molecule has 1 aromatic rings. The van der Waals surface area contributed by atoms with Crippen LogP contribution >= 0.6 is 11.3 Å². The Morgan fingerprint density at radius 2 is 1.54 bits per heavy atom. The average molecular weight is 436 g/mol. The summed E-state index contributed by atoms with van der Waals surface area (Å²) in [7, 11) is 0. The van der Waals surface area contributed by atoms with E-state index in [1.807, 2.05) is 0 Å². The summed E-state index contributed by atoms with van der Waals surface area (Å²) in [5, 5.41) is 41.7. The molecule has 14 heteroatoms. The van der Waals surface area contributed by atoms with Crippen molar-refractivity contribution in [1.82, 2.24) is 0 Å². The van der Waals surface area contributed by atoms with Gasteiger partial charge in [-0.1, -0.05) is 0 Å². The topological polar surface area (TPSA) is 174 Å². The molecule has 0 bridgehead atoms. The summed E-state index contributed by atoms with van der Waals surface area (Å²) in [6, 6.07) is 1.66. The van der Waals surface area contributed by atoms with Gasteiger partial charge < -0.3 is 39.3 Å². The minimum Gasteiger partial charge on any atom is -0.550 e. The van der Waals surface area contributed by atoms with E-state index >= 15 is 0 Å². The van der Waals surface area contributed by atoms with E-state index in [2.05, 4.69) is 0 Å². The number of carboxylic acids is 3. The van der Waals surface area contributed by atoms with Crippen molar-refractivity contribution in [1.29, 1.82) is 5.26 Å². The molecule has 1 heterocycles. The summed E-state index contributed by atoms with van der Waals surface area (Å²) in [4.78, 5) is 45.0. The van der Waals surface area contributed by atoms with Crippen LogP contribution in [-0.2, 0) is 25.5 Å². The molecule has 134 valence electrons. The van der Waals surface area contributed by atoms with Crippen LogP contribution in [0.15, 0.2) is 0 Å². The normalized spacial score (nSPS) is 8.86. The van der Waals surface area contributed by atoms with Crippen molar-refractivity contribution in [3.63, 3.8) is 0 Å². The zero-order valence-corrected chi connectivity index (χ0v) is 22.7. The van der Waals surface area contributed by atoms with Gasteiger partial charge in [0.2, 0.25) is 0 Å². The van der Waals surface area contributed by atoms with Crippen LogP contribution in [0.1, 0.15) is 27.7 Å². The standard InChI is InChI=1S/C14H14N2O8S.3Na/c1-2-24-14(23)12-7(3-9(17)18)8(4-15)13(25-12)16(5-10(19)20)6-11(21)22;;;/h2-3,5-6H2,1H3,(H,17,18)(H,19,20)(H,21,22);;;/q;3*+1/p-3. The molecule has 0 amide bonds. The molecule has 0 fully saturated rings. The first kappa shape index (κ1) is 32.5. The van der Waals surface area contributed by atoms with Gasteiger partial charge in [0.05, 0.1) is 37.2 Å². The number of carboxylic acid groups (broad SMARTS) is 3. The molecular formula is C14H11N2Na3O8S. The molecule has 10 nitrogen and oxygen atoms in total. The first-order valence-electron chi connectivity index (χ1n) is 6.78. The predicted octanol–water partition coefficient (Wildman–Crippen LogP) is -12.6. The average Bonchev–Trinajstić information content (AvgIpc) is 2.83. The molecule has 0 aliphatic carbocycles. The number of carbonyl (C=O) groups excluding carboxylic acids is 4. The van der Waals surface area contributed by atoms with Crippen molar-refractivity contribution < 1.29 is 128 Å². The SMILES string of the molecule is CCOC(=O)c1sc(N(CC(=O)[O-])CC(=O)[O-])c(C#N)c1CC(=O)[O-].[Na+].[Na+].[Na+]. The molecule has 0 aliphatic rings. The van der Waals surface area contributed by atoms with Crippen LogP contribution in [0, 0.1) is 11.3 Å². The zero-order chi connectivity index (χ0) is 19.1. The smallest absolute Gasteiger partial charge is 0.550 e. The molecule has 0 saturated carbocycles. The Morgan fingerprint density at radius 1 is 1.04 bits per heavy atom. The number of carbonyl (C=O) groups is 4. The number of esters is 1. The molecule has 0 aromatic carbocycles. The van der Waals surface area contributed by atoms with Crippen molar-refractivity contribution in [2.45, 2.75) is 13.3 Å². The van der Waals surface area contributed by atoms with Gasteiger partial charge in [0.1, 0.15) is 15.9 Å². The molecule has 0 radical (unpaired) electrons. The molecule has 0 saturated heterocycles. The number of nitrogens with zero attached hydrogens (tertiary/aromatic N) is 2. The molecular weight excluding hydrogens is 425 g/mol. The number of nitriles is 1. The molecule has 0 unspecified atom stereocenters. The summed E-state index contributed by atoms with van der Waals surface area (Å²) >= 11 is 0.548. The van der Waals surface area contributed by atoms with Crippen LogP contribution in [-0.4, -0.2) is 43.6 Å². The van der Waals surface area contributed by atoms with Crippen LogP contribution in [0.2, 0.25) is 0 Å². The number of rotatable bonds is 9. The van der Waals surface area contributed by atoms with Gasteiger partial charge in [-0.05, 0) is 6.92 Å². The maximum Gasteiger partial charge on any atom is 1.00 e. The second kappa shape index (κ2) is 15.7. The number of hydrogen-bond acceptors (Lipinski definition) is 11. The first-order chi connectivity index (χ1) is 11.7. The Hall–Kier alpha value is -0.130. The van der Waals surface area contributed by atoms with Crippen LogP contribution in [0.3, 0.4) is 0 Å². The third-order valence-corrected chi connectivity index (χ3v) is 4.08. The number of hydrogen-bond donors (Lipinski definition) is 0. The van der Waals surface area contributed by atoms with Gasteiger partial charge in [0.15, 0.2) is 0 Å². The Morgan fingerprint density at radius 3 is 1.89 bits per heavy atom. The second-order valence-electron chi connectivity index (χ2n) is 4.57. The van der Waals surface area contributed by atoms with Gasteiger partial charge in [-0.15, -0.1) is 11.3 Å². The molecule has 1 aromatic heterocycles. The Balaban J connectivity index is -0.00000208. The minimum atomic E-state index is -1.64. The van der Waals surface area contributed by atoms with Crippen LogP contribution in [0.25, 0.3) is 0 Å². The zero-order valence-electron chi connectivity index (χ0n) is 15.9. The number of ether oxygens (including phenoxy) is 1. The largest absolute Gasteiger partial charge is 1.00 e. The van der Waals surface area contributed by atoms with Crippen molar-refractivity contribution in [2.24, 2.45) is 0 Å². The van der Waals surface area contributed by atoms with Gasteiger partial charge in [-0.2, -0.15) is 5.26 Å². The molecule has 0 spiro atoms. The van der Waals surface area contributed by atoms with E-state index < -0.39 is 43.4 Å². The Kier molecular flexibility index (Phi) is 18.2. The molecule has 28 heavy (non-hydrogen) atoms. The van der Waals surface area contributed by atoms with Gasteiger partial charge in [0, 0.05) is 18.0 Å². The first-order valence-corrected chi connectivity index (χ1v) is 7.60. The van der Waals surface area contributed by atoms with E-state index in [1.54, 1.807) is 6.07 Å². The Bertz CT molecular complexity index is 747. The molecule has 0 atom stereocenters. The van der Waals surface area contributed by atoms with Gasteiger partial charge in [-0.25, -0.2) is 4.79 Å². The third-order valence-electron chi connectivity index (χ3n) is 2.81. The predicted molar refractivity (Wildman–Crippen MR) is 75.9 cm³/mol. The molecule has 0 N–H and O–H groups in total. The maximum absolute atomic E-state index is 12.0. The minimum absolute atomic E-state index is 0. The molecule has 1 rings (SSSR count). The van der Waals surface area contributed by atoms with E-state index in [0.29, 0.717) is 11.3 Å². The van der Waals surface area contributed by atoms with Crippen LogP contribution < -0.4 is 109 Å². The summed E-state index contributed by atoms with van der Waals surface area (Å²) < 4.78 is 4.78. The number of thiophene rings is 1. The van der Waals surface area contributed by atoms with Crippen molar-refractivity contribution >= 4 is 40.2 Å². The fourth-order valence-corrected chi connectivity index (χ4v) is 3.14. The van der Waals surface area contributed by atoms with E-state index in [4.69, 9.17) is 4.74 Å². The van der Waals surface area contributed by atoms with Crippen LogP contribution in [0.5, 0.6) is 0 Å².